The van der Waals surface area contributed by atoms with E-state index in [-0.39, 0.29) is 10.3 Å². The molecule has 0 radical (unpaired) electrons. The Balaban J connectivity index is 1.72. The van der Waals surface area contributed by atoms with E-state index in [0.717, 1.165) is 52.4 Å². The molecule has 0 saturated heterocycles. The van der Waals surface area contributed by atoms with Crippen LogP contribution in [-0.2, 0) is 22.9 Å². The number of sulfonamides is 1. The number of anilines is 1. The summed E-state index contributed by atoms with van der Waals surface area (Å²) in [6.45, 7) is 8.84. The van der Waals surface area contributed by atoms with Gasteiger partial charge in [0.15, 0.2) is 0 Å². The Labute approximate surface area is 187 Å². The van der Waals surface area contributed by atoms with Crippen LogP contribution in [0.2, 0.25) is 0 Å². The lowest BCUT2D eigenvalue weighted by atomic mass is 9.69. The highest BCUT2D eigenvalue weighted by molar-refractivity contribution is 9.10. The average molecular weight is 490 g/mol. The van der Waals surface area contributed by atoms with Crippen molar-refractivity contribution < 1.29 is 12.8 Å². The van der Waals surface area contributed by atoms with Crippen molar-refractivity contribution in [3.05, 3.63) is 57.8 Å². The van der Waals surface area contributed by atoms with Crippen molar-refractivity contribution in [2.75, 3.05) is 4.72 Å². The molecule has 0 amide bonds. The van der Waals surface area contributed by atoms with Crippen LogP contribution in [0.3, 0.4) is 0 Å². The minimum absolute atomic E-state index is 0.240. The predicted octanol–water partition coefficient (Wildman–Crippen LogP) is 6.85. The maximum Gasteiger partial charge on any atom is 0.261 e. The molecular weight excluding hydrogens is 462 g/mol. The van der Waals surface area contributed by atoms with Crippen molar-refractivity contribution >= 4 is 42.6 Å². The lowest BCUT2D eigenvalue weighted by Gasteiger charge is -2.36. The van der Waals surface area contributed by atoms with Crippen LogP contribution < -0.4 is 4.72 Å². The first-order valence-corrected chi connectivity index (χ1v) is 12.7. The molecular formula is C24H28BrNO3S. The highest BCUT2D eigenvalue weighted by Crippen LogP contribution is 2.43. The molecule has 0 spiro atoms. The van der Waals surface area contributed by atoms with Crippen molar-refractivity contribution in [2.24, 2.45) is 11.3 Å². The van der Waals surface area contributed by atoms with Gasteiger partial charge in [-0.2, -0.15) is 0 Å². The molecule has 4 nitrogen and oxygen atoms in total. The van der Waals surface area contributed by atoms with Gasteiger partial charge in [-0.3, -0.25) is 4.72 Å². The van der Waals surface area contributed by atoms with Gasteiger partial charge in [-0.15, -0.1) is 0 Å². The van der Waals surface area contributed by atoms with E-state index in [2.05, 4.69) is 41.4 Å². The zero-order valence-corrected chi connectivity index (χ0v) is 20.3. The molecule has 30 heavy (non-hydrogen) atoms. The third-order valence-electron chi connectivity index (χ3n) is 6.78. The molecule has 1 aliphatic rings. The molecule has 2 aromatic carbocycles. The summed E-state index contributed by atoms with van der Waals surface area (Å²) in [6.07, 6.45) is 4.19. The molecule has 3 aromatic rings. The fourth-order valence-corrected chi connectivity index (χ4v) is 5.69. The van der Waals surface area contributed by atoms with Gasteiger partial charge in [-0.25, -0.2) is 8.42 Å². The largest absolute Gasteiger partial charge is 0.461 e. The summed E-state index contributed by atoms with van der Waals surface area (Å²) in [7, 11) is -3.66. The number of aryl methyl sites for hydroxylation is 2. The van der Waals surface area contributed by atoms with Gasteiger partial charge < -0.3 is 4.42 Å². The Morgan fingerprint density at radius 1 is 1.20 bits per heavy atom. The van der Waals surface area contributed by atoms with Gasteiger partial charge >= 0.3 is 0 Å². The van der Waals surface area contributed by atoms with Crippen molar-refractivity contribution in [1.82, 2.24) is 0 Å². The van der Waals surface area contributed by atoms with Crippen LogP contribution in [0.25, 0.3) is 11.0 Å². The van der Waals surface area contributed by atoms with E-state index in [9.17, 15) is 8.42 Å². The summed E-state index contributed by atoms with van der Waals surface area (Å²) in [5.41, 5.74) is 3.81. The Morgan fingerprint density at radius 3 is 2.57 bits per heavy atom. The van der Waals surface area contributed by atoms with Crippen LogP contribution in [0, 0.1) is 18.3 Å². The third kappa shape index (κ3) is 3.92. The first-order valence-electron chi connectivity index (χ1n) is 10.4. The van der Waals surface area contributed by atoms with Gasteiger partial charge in [0.05, 0.1) is 10.6 Å². The molecule has 6 heteroatoms. The van der Waals surface area contributed by atoms with Crippen molar-refractivity contribution in [1.29, 1.82) is 0 Å². The number of hydrogen-bond acceptors (Lipinski definition) is 3. The van der Waals surface area contributed by atoms with Crippen LogP contribution in [-0.4, -0.2) is 8.42 Å². The molecule has 0 saturated carbocycles. The zero-order chi connectivity index (χ0) is 21.7. The van der Waals surface area contributed by atoms with Gasteiger partial charge in [-0.1, -0.05) is 43.1 Å². The van der Waals surface area contributed by atoms with Crippen LogP contribution in [0.1, 0.15) is 50.5 Å². The van der Waals surface area contributed by atoms with Crippen LogP contribution in [0.15, 0.2) is 50.2 Å². The van der Waals surface area contributed by atoms with E-state index in [0.29, 0.717) is 11.6 Å². The van der Waals surface area contributed by atoms with E-state index in [1.54, 1.807) is 24.3 Å². The lowest BCUT2D eigenvalue weighted by molar-refractivity contribution is 0.179. The molecule has 1 heterocycles. The van der Waals surface area contributed by atoms with Crippen molar-refractivity contribution in [2.45, 2.75) is 58.3 Å². The van der Waals surface area contributed by atoms with Gasteiger partial charge in [0.2, 0.25) is 0 Å². The van der Waals surface area contributed by atoms with Crippen molar-refractivity contribution in [3.63, 3.8) is 0 Å². The number of fused-ring (bicyclic) bond motifs is 3. The summed E-state index contributed by atoms with van der Waals surface area (Å²) in [4.78, 5) is 0.240. The van der Waals surface area contributed by atoms with E-state index in [1.807, 2.05) is 19.1 Å². The number of rotatable bonds is 5. The molecule has 1 aliphatic carbocycles. The Hall–Kier alpha value is -1.79. The predicted molar refractivity (Wildman–Crippen MR) is 125 cm³/mol. The molecule has 1 aromatic heterocycles. The summed E-state index contributed by atoms with van der Waals surface area (Å²) in [5.74, 6) is 1.65. The smallest absolute Gasteiger partial charge is 0.261 e. The summed E-state index contributed by atoms with van der Waals surface area (Å²) in [5, 5.41) is 1.03. The summed E-state index contributed by atoms with van der Waals surface area (Å²) in [6, 6.07) is 10.5. The standard InChI is InChI=1S/C24H28BrNO3S/c1-5-24(3,4)16-6-11-22-19(13-16)20-14-21(15(2)12-23(20)29-22)26-30(27,28)18-9-7-17(25)8-10-18/h7-10,12,14,16,26H,5-6,11,13H2,1-4H3/t16-/m0/s1. The van der Waals surface area contributed by atoms with Crippen LogP contribution in [0.4, 0.5) is 5.69 Å². The molecule has 0 fully saturated rings. The maximum atomic E-state index is 12.9. The van der Waals surface area contributed by atoms with E-state index >= 15 is 0 Å². The molecule has 4 rings (SSSR count). The summed E-state index contributed by atoms with van der Waals surface area (Å²) < 4.78 is 35.6. The third-order valence-corrected chi connectivity index (χ3v) is 8.69. The lowest BCUT2D eigenvalue weighted by Crippen LogP contribution is -2.28. The minimum Gasteiger partial charge on any atom is -0.461 e. The quantitative estimate of drug-likeness (QED) is 0.426. The average Bonchev–Trinajstić information content (AvgIpc) is 3.05. The number of nitrogens with one attached hydrogen (secondary N) is 1. The van der Waals surface area contributed by atoms with E-state index < -0.39 is 10.0 Å². The topological polar surface area (TPSA) is 59.3 Å². The molecule has 0 unspecified atom stereocenters. The molecule has 0 bridgehead atoms. The highest BCUT2D eigenvalue weighted by Gasteiger charge is 2.33. The molecule has 1 N–H and O–H groups in total. The second-order valence-corrected chi connectivity index (χ2v) is 11.6. The van der Waals surface area contributed by atoms with E-state index in [1.165, 1.54) is 5.56 Å². The van der Waals surface area contributed by atoms with Crippen molar-refractivity contribution in [3.8, 4) is 0 Å². The van der Waals surface area contributed by atoms with Gasteiger partial charge in [-0.05, 0) is 73.1 Å². The second kappa shape index (κ2) is 7.72. The fraction of sp³-hybridized carbons (Fsp3) is 0.417. The van der Waals surface area contributed by atoms with Crippen LogP contribution in [0.5, 0.6) is 0 Å². The minimum atomic E-state index is -3.66. The molecule has 1 atom stereocenters. The number of hydrogen-bond donors (Lipinski definition) is 1. The molecule has 160 valence electrons. The molecule has 0 aliphatic heterocycles. The van der Waals surface area contributed by atoms with Gasteiger partial charge in [0.1, 0.15) is 11.3 Å². The Morgan fingerprint density at radius 2 is 1.90 bits per heavy atom. The van der Waals surface area contributed by atoms with E-state index in [4.69, 9.17) is 4.42 Å². The highest BCUT2D eigenvalue weighted by atomic mass is 79.9. The first kappa shape index (κ1) is 21.4. The zero-order valence-electron chi connectivity index (χ0n) is 17.9. The number of halogens is 1. The normalized spacial score (nSPS) is 17.2. The number of furan rings is 1. The Kier molecular flexibility index (Phi) is 5.52. The van der Waals surface area contributed by atoms with Gasteiger partial charge in [0, 0.05) is 21.8 Å². The fourth-order valence-electron chi connectivity index (χ4n) is 4.31. The second-order valence-electron chi connectivity index (χ2n) is 9.01. The maximum absolute atomic E-state index is 12.9. The first-order chi connectivity index (χ1) is 14.1. The monoisotopic (exact) mass is 489 g/mol. The SMILES string of the molecule is CCC(C)(C)[C@H]1CCc2oc3cc(C)c(NS(=O)(=O)c4ccc(Br)cc4)cc3c2C1. The Bertz CT molecular complexity index is 1190. The van der Waals surface area contributed by atoms with Gasteiger partial charge in [0.25, 0.3) is 10.0 Å². The summed E-state index contributed by atoms with van der Waals surface area (Å²) >= 11 is 3.35. The van der Waals surface area contributed by atoms with Crippen LogP contribution >= 0.6 is 15.9 Å². The number of benzene rings is 2.